The third-order valence-electron chi connectivity index (χ3n) is 4.56. The number of rotatable bonds is 7. The van der Waals surface area contributed by atoms with E-state index in [2.05, 4.69) is 15.3 Å². The Balaban J connectivity index is 1.41. The van der Waals surface area contributed by atoms with Crippen LogP contribution in [0.4, 0.5) is 5.69 Å². The van der Waals surface area contributed by atoms with Gasteiger partial charge >= 0.3 is 0 Å². The van der Waals surface area contributed by atoms with Crippen LogP contribution in [0, 0.1) is 6.92 Å². The Hall–Kier alpha value is -3.10. The number of aryl methyl sites for hydroxylation is 2. The fraction of sp³-hybridized carbons (Fsp3) is 0.182. The normalized spacial score (nSPS) is 10.9. The molecule has 0 unspecified atom stereocenters. The molecular formula is C22H20ClN5O2S. The minimum Gasteiger partial charge on any atom is -0.482 e. The Labute approximate surface area is 188 Å². The number of benzene rings is 2. The molecule has 31 heavy (non-hydrogen) atoms. The van der Waals surface area contributed by atoms with Gasteiger partial charge in [-0.2, -0.15) is 0 Å². The average molecular weight is 454 g/mol. The number of imidazole rings is 1. The number of thioether (sulfide) groups is 1. The SMILES string of the molecule is Cc1ccnc(SCc2nc3cc(NC(=O)COc4ccccc4Cl)ccc3n2C)n1. The molecule has 2 aromatic carbocycles. The lowest BCUT2D eigenvalue weighted by Gasteiger charge is -2.08. The van der Waals surface area contributed by atoms with Crippen LogP contribution < -0.4 is 10.1 Å². The van der Waals surface area contributed by atoms with Crippen molar-refractivity contribution in [3.8, 4) is 5.75 Å². The summed E-state index contributed by atoms with van der Waals surface area (Å²) >= 11 is 7.58. The molecule has 1 amide bonds. The summed E-state index contributed by atoms with van der Waals surface area (Å²) in [4.78, 5) is 25.7. The first kappa shape index (κ1) is 21.1. The summed E-state index contributed by atoms with van der Waals surface area (Å²) in [6.45, 7) is 1.80. The number of nitrogens with zero attached hydrogens (tertiary/aromatic N) is 4. The Morgan fingerprint density at radius 1 is 1.19 bits per heavy atom. The number of fused-ring (bicyclic) bond motifs is 1. The average Bonchev–Trinajstić information content (AvgIpc) is 3.06. The van der Waals surface area contributed by atoms with Gasteiger partial charge in [-0.25, -0.2) is 15.0 Å². The topological polar surface area (TPSA) is 81.9 Å². The fourth-order valence-corrected chi connectivity index (χ4v) is 4.03. The predicted octanol–water partition coefficient (Wildman–Crippen LogP) is 4.63. The summed E-state index contributed by atoms with van der Waals surface area (Å²) in [5.41, 5.74) is 3.36. The van der Waals surface area contributed by atoms with E-state index in [4.69, 9.17) is 21.3 Å². The molecule has 2 aromatic heterocycles. The maximum absolute atomic E-state index is 12.3. The van der Waals surface area contributed by atoms with Crippen LogP contribution in [0.1, 0.15) is 11.5 Å². The van der Waals surface area contributed by atoms with Crippen LogP contribution in [0.15, 0.2) is 59.9 Å². The van der Waals surface area contributed by atoms with E-state index in [1.165, 1.54) is 11.8 Å². The van der Waals surface area contributed by atoms with Crippen molar-refractivity contribution in [2.75, 3.05) is 11.9 Å². The van der Waals surface area contributed by atoms with Gasteiger partial charge in [-0.15, -0.1) is 0 Å². The molecule has 0 saturated carbocycles. The zero-order valence-corrected chi connectivity index (χ0v) is 18.6. The van der Waals surface area contributed by atoms with E-state index in [-0.39, 0.29) is 12.5 Å². The quantitative estimate of drug-likeness (QED) is 0.324. The molecule has 0 aliphatic rings. The molecule has 9 heteroatoms. The van der Waals surface area contributed by atoms with Gasteiger partial charge in [-0.1, -0.05) is 35.5 Å². The van der Waals surface area contributed by atoms with Crippen molar-refractivity contribution in [3.05, 3.63) is 71.3 Å². The van der Waals surface area contributed by atoms with E-state index in [0.717, 1.165) is 27.7 Å². The van der Waals surface area contributed by atoms with Gasteiger partial charge in [0.2, 0.25) is 0 Å². The van der Waals surface area contributed by atoms with Gasteiger partial charge in [0, 0.05) is 24.6 Å². The minimum absolute atomic E-state index is 0.137. The number of carbonyl (C=O) groups excluding carboxylic acids is 1. The second-order valence-electron chi connectivity index (χ2n) is 6.83. The lowest BCUT2D eigenvalue weighted by Crippen LogP contribution is -2.20. The summed E-state index contributed by atoms with van der Waals surface area (Å²) in [5.74, 6) is 1.74. The largest absolute Gasteiger partial charge is 0.482 e. The number of ether oxygens (including phenoxy) is 1. The van der Waals surface area contributed by atoms with Crippen molar-refractivity contribution in [3.63, 3.8) is 0 Å². The molecule has 0 spiro atoms. The van der Waals surface area contributed by atoms with Crippen LogP contribution in [0.2, 0.25) is 5.02 Å². The lowest BCUT2D eigenvalue weighted by molar-refractivity contribution is -0.118. The van der Waals surface area contributed by atoms with E-state index >= 15 is 0 Å². The molecule has 158 valence electrons. The van der Waals surface area contributed by atoms with Crippen LogP contribution in [0.25, 0.3) is 11.0 Å². The maximum atomic E-state index is 12.3. The number of hydrogen-bond acceptors (Lipinski definition) is 6. The lowest BCUT2D eigenvalue weighted by atomic mass is 10.2. The van der Waals surface area contributed by atoms with Crippen molar-refractivity contribution >= 4 is 46.0 Å². The molecule has 0 fully saturated rings. The zero-order chi connectivity index (χ0) is 21.8. The highest BCUT2D eigenvalue weighted by Crippen LogP contribution is 2.25. The molecule has 7 nitrogen and oxygen atoms in total. The fourth-order valence-electron chi connectivity index (χ4n) is 2.98. The molecule has 0 radical (unpaired) electrons. The smallest absolute Gasteiger partial charge is 0.262 e. The highest BCUT2D eigenvalue weighted by Gasteiger charge is 2.12. The Kier molecular flexibility index (Phi) is 6.39. The van der Waals surface area contributed by atoms with Crippen LogP contribution in [0.3, 0.4) is 0 Å². The molecule has 0 atom stereocenters. The standard InChI is InChI=1S/C22H20ClN5O2S/c1-14-9-10-24-22(25-14)31-13-20-27-17-11-15(7-8-18(17)28(20)2)26-21(29)12-30-19-6-4-3-5-16(19)23/h3-11H,12-13H2,1-2H3,(H,26,29). The van der Waals surface area contributed by atoms with E-state index in [1.54, 1.807) is 30.5 Å². The second-order valence-corrected chi connectivity index (χ2v) is 8.18. The van der Waals surface area contributed by atoms with Crippen molar-refractivity contribution < 1.29 is 9.53 Å². The summed E-state index contributed by atoms with van der Waals surface area (Å²) < 4.78 is 7.52. The molecular weight excluding hydrogens is 434 g/mol. The maximum Gasteiger partial charge on any atom is 0.262 e. The van der Waals surface area contributed by atoms with Crippen LogP contribution in [0.5, 0.6) is 5.75 Å². The first-order valence-corrected chi connectivity index (χ1v) is 10.9. The van der Waals surface area contributed by atoms with Gasteiger partial charge in [0.15, 0.2) is 11.8 Å². The van der Waals surface area contributed by atoms with Crippen molar-refractivity contribution in [1.29, 1.82) is 0 Å². The van der Waals surface area contributed by atoms with Crippen LogP contribution in [-0.2, 0) is 17.6 Å². The highest BCUT2D eigenvalue weighted by atomic mass is 35.5. The number of aromatic nitrogens is 4. The Bertz CT molecular complexity index is 1240. The number of amides is 1. The first-order valence-electron chi connectivity index (χ1n) is 9.54. The second kappa shape index (κ2) is 9.36. The number of para-hydroxylation sites is 1. The van der Waals surface area contributed by atoms with Crippen molar-refractivity contribution in [2.24, 2.45) is 7.05 Å². The van der Waals surface area contributed by atoms with Crippen LogP contribution in [-0.4, -0.2) is 32.0 Å². The number of anilines is 1. The molecule has 1 N–H and O–H groups in total. The summed E-state index contributed by atoms with van der Waals surface area (Å²) in [7, 11) is 1.97. The van der Waals surface area contributed by atoms with Gasteiger partial charge in [-0.3, -0.25) is 4.79 Å². The van der Waals surface area contributed by atoms with E-state index < -0.39 is 0 Å². The molecule has 0 bridgehead atoms. The number of carbonyl (C=O) groups is 1. The molecule has 4 rings (SSSR count). The molecule has 0 aliphatic carbocycles. The monoisotopic (exact) mass is 453 g/mol. The van der Waals surface area contributed by atoms with Gasteiger partial charge in [0.25, 0.3) is 5.91 Å². The van der Waals surface area contributed by atoms with Crippen molar-refractivity contribution in [1.82, 2.24) is 19.5 Å². The van der Waals surface area contributed by atoms with Gasteiger partial charge in [-0.05, 0) is 43.3 Å². The molecule has 2 heterocycles. The number of hydrogen-bond donors (Lipinski definition) is 1. The van der Waals surface area contributed by atoms with E-state index in [9.17, 15) is 4.79 Å². The molecule has 4 aromatic rings. The number of nitrogens with one attached hydrogen (secondary N) is 1. The van der Waals surface area contributed by atoms with Gasteiger partial charge in [0.1, 0.15) is 11.6 Å². The minimum atomic E-state index is -0.275. The Morgan fingerprint density at radius 2 is 2.03 bits per heavy atom. The third-order valence-corrected chi connectivity index (χ3v) is 5.73. The van der Waals surface area contributed by atoms with Crippen molar-refractivity contribution in [2.45, 2.75) is 17.8 Å². The Morgan fingerprint density at radius 3 is 2.84 bits per heavy atom. The summed E-state index contributed by atoms with van der Waals surface area (Å²) in [5, 5.41) is 4.02. The summed E-state index contributed by atoms with van der Waals surface area (Å²) in [6, 6.07) is 14.5. The first-order chi connectivity index (χ1) is 15.0. The van der Waals surface area contributed by atoms with Gasteiger partial charge < -0.3 is 14.6 Å². The summed E-state index contributed by atoms with van der Waals surface area (Å²) in [6.07, 6.45) is 1.75. The van der Waals surface area contributed by atoms with Gasteiger partial charge in [0.05, 0.1) is 21.8 Å². The predicted molar refractivity (Wildman–Crippen MR) is 123 cm³/mol. The molecule has 0 saturated heterocycles. The molecule has 0 aliphatic heterocycles. The van der Waals surface area contributed by atoms with E-state index in [1.807, 2.05) is 42.8 Å². The third kappa shape index (κ3) is 5.15. The van der Waals surface area contributed by atoms with E-state index in [0.29, 0.717) is 22.2 Å². The highest BCUT2D eigenvalue weighted by molar-refractivity contribution is 7.98. The van der Waals surface area contributed by atoms with Crippen LogP contribution >= 0.6 is 23.4 Å². The zero-order valence-electron chi connectivity index (χ0n) is 17.0. The number of halogens is 1.